The van der Waals surface area contributed by atoms with Gasteiger partial charge in [0.15, 0.2) is 0 Å². The van der Waals surface area contributed by atoms with Crippen molar-refractivity contribution in [1.82, 2.24) is 5.16 Å². The Hall–Kier alpha value is -2.93. The monoisotopic (exact) mass is 369 g/mol. The third kappa shape index (κ3) is 3.67. The standard InChI is InChI=1S/C19H19N3O3S/c1-3-15-16(11(2)25-22-15)18(24)21-19-14(17(20)23)10-13(26-19)9-12-7-5-4-6-8-12/h4-8,10H,3,9H2,1-2H3,(H2,20,23)(H,21,24). The molecule has 0 radical (unpaired) electrons. The highest BCUT2D eigenvalue weighted by Crippen LogP contribution is 2.30. The molecule has 0 spiro atoms. The topological polar surface area (TPSA) is 98.2 Å². The number of hydrogen-bond donors (Lipinski definition) is 2. The number of hydrogen-bond acceptors (Lipinski definition) is 5. The molecule has 2 amide bonds. The fourth-order valence-electron chi connectivity index (χ4n) is 2.72. The van der Waals surface area contributed by atoms with Gasteiger partial charge in [-0.3, -0.25) is 9.59 Å². The van der Waals surface area contributed by atoms with Crippen LogP contribution in [0, 0.1) is 6.92 Å². The molecule has 0 unspecified atom stereocenters. The van der Waals surface area contributed by atoms with E-state index in [9.17, 15) is 9.59 Å². The van der Waals surface area contributed by atoms with Gasteiger partial charge in [0, 0.05) is 11.3 Å². The Kier molecular flexibility index (Phi) is 5.18. The number of nitrogens with zero attached hydrogens (tertiary/aromatic N) is 1. The lowest BCUT2D eigenvalue weighted by Gasteiger charge is -2.04. The van der Waals surface area contributed by atoms with E-state index >= 15 is 0 Å². The smallest absolute Gasteiger partial charge is 0.261 e. The Morgan fingerprint density at radius 1 is 1.27 bits per heavy atom. The van der Waals surface area contributed by atoms with Crippen LogP contribution in [0.3, 0.4) is 0 Å². The van der Waals surface area contributed by atoms with Crippen molar-refractivity contribution in [2.75, 3.05) is 5.32 Å². The van der Waals surface area contributed by atoms with Crippen LogP contribution in [0.25, 0.3) is 0 Å². The molecule has 3 rings (SSSR count). The number of nitrogens with one attached hydrogen (secondary N) is 1. The normalized spacial score (nSPS) is 10.7. The lowest BCUT2D eigenvalue weighted by molar-refractivity contribution is 0.100. The fourth-order valence-corrected chi connectivity index (χ4v) is 3.81. The van der Waals surface area contributed by atoms with Gasteiger partial charge in [-0.1, -0.05) is 42.4 Å². The van der Waals surface area contributed by atoms with E-state index in [1.165, 1.54) is 11.3 Å². The SMILES string of the molecule is CCc1noc(C)c1C(=O)Nc1sc(Cc2ccccc2)cc1C(N)=O. The highest BCUT2D eigenvalue weighted by atomic mass is 32.1. The first-order valence-electron chi connectivity index (χ1n) is 8.22. The molecule has 3 aromatic rings. The van der Waals surface area contributed by atoms with E-state index in [0.29, 0.717) is 40.4 Å². The molecule has 0 saturated heterocycles. The molecule has 0 aliphatic rings. The quantitative estimate of drug-likeness (QED) is 0.694. The van der Waals surface area contributed by atoms with Gasteiger partial charge in [-0.25, -0.2) is 0 Å². The molecule has 6 nitrogen and oxygen atoms in total. The van der Waals surface area contributed by atoms with Gasteiger partial charge in [-0.2, -0.15) is 0 Å². The van der Waals surface area contributed by atoms with Crippen molar-refractivity contribution in [3.63, 3.8) is 0 Å². The molecule has 0 atom stereocenters. The van der Waals surface area contributed by atoms with Crippen LogP contribution in [-0.4, -0.2) is 17.0 Å². The molecule has 26 heavy (non-hydrogen) atoms. The Morgan fingerprint density at radius 2 is 2.00 bits per heavy atom. The average molecular weight is 369 g/mol. The summed E-state index contributed by atoms with van der Waals surface area (Å²) in [5, 5.41) is 7.13. The maximum atomic E-state index is 12.7. The minimum Gasteiger partial charge on any atom is -0.366 e. The van der Waals surface area contributed by atoms with Crippen LogP contribution >= 0.6 is 11.3 Å². The van der Waals surface area contributed by atoms with Crippen LogP contribution < -0.4 is 11.1 Å². The third-order valence-electron chi connectivity index (χ3n) is 3.99. The molecule has 0 aliphatic carbocycles. The minimum absolute atomic E-state index is 0.307. The van der Waals surface area contributed by atoms with Crippen molar-refractivity contribution < 1.29 is 14.1 Å². The second-order valence-electron chi connectivity index (χ2n) is 5.85. The lowest BCUT2D eigenvalue weighted by atomic mass is 10.1. The number of carbonyl (C=O) groups is 2. The van der Waals surface area contributed by atoms with E-state index in [-0.39, 0.29) is 5.91 Å². The number of anilines is 1. The van der Waals surface area contributed by atoms with Crippen LogP contribution in [0.2, 0.25) is 0 Å². The average Bonchev–Trinajstić information content (AvgIpc) is 3.19. The summed E-state index contributed by atoms with van der Waals surface area (Å²) < 4.78 is 5.11. The van der Waals surface area contributed by atoms with Gasteiger partial charge in [0.25, 0.3) is 11.8 Å². The van der Waals surface area contributed by atoms with Gasteiger partial charge in [0.05, 0.1) is 11.3 Å². The molecule has 0 fully saturated rings. The Labute approximate surface area is 155 Å². The molecule has 7 heteroatoms. The summed E-state index contributed by atoms with van der Waals surface area (Å²) in [5.41, 5.74) is 7.90. The number of nitrogens with two attached hydrogens (primary N) is 1. The van der Waals surface area contributed by atoms with E-state index in [4.69, 9.17) is 10.3 Å². The number of aromatic nitrogens is 1. The summed E-state index contributed by atoms with van der Waals surface area (Å²) in [6.07, 6.45) is 1.24. The predicted molar refractivity (Wildman–Crippen MR) is 101 cm³/mol. The van der Waals surface area contributed by atoms with Crippen LogP contribution in [0.4, 0.5) is 5.00 Å². The first kappa shape index (κ1) is 17.9. The second kappa shape index (κ2) is 7.53. The summed E-state index contributed by atoms with van der Waals surface area (Å²) in [4.78, 5) is 25.4. The van der Waals surface area contributed by atoms with E-state index in [1.54, 1.807) is 13.0 Å². The summed E-state index contributed by atoms with van der Waals surface area (Å²) >= 11 is 1.34. The maximum Gasteiger partial charge on any atom is 0.261 e. The van der Waals surface area contributed by atoms with Crippen molar-refractivity contribution in [3.8, 4) is 0 Å². The van der Waals surface area contributed by atoms with Crippen molar-refractivity contribution in [2.24, 2.45) is 5.73 Å². The lowest BCUT2D eigenvalue weighted by Crippen LogP contribution is -2.17. The number of primary amides is 1. The maximum absolute atomic E-state index is 12.7. The number of amides is 2. The van der Waals surface area contributed by atoms with E-state index < -0.39 is 5.91 Å². The third-order valence-corrected chi connectivity index (χ3v) is 5.04. The largest absolute Gasteiger partial charge is 0.366 e. The van der Waals surface area contributed by atoms with Crippen LogP contribution in [0.15, 0.2) is 40.9 Å². The molecule has 2 heterocycles. The Balaban J connectivity index is 1.88. The number of benzene rings is 1. The molecular weight excluding hydrogens is 350 g/mol. The zero-order chi connectivity index (χ0) is 18.7. The predicted octanol–water partition coefficient (Wildman–Crippen LogP) is 3.55. The molecule has 134 valence electrons. The van der Waals surface area contributed by atoms with Crippen LogP contribution in [0.1, 0.15) is 49.5 Å². The Bertz CT molecular complexity index is 944. The number of thiophene rings is 1. The molecule has 0 aliphatic heterocycles. The molecule has 3 N–H and O–H groups in total. The Morgan fingerprint density at radius 3 is 2.65 bits per heavy atom. The zero-order valence-electron chi connectivity index (χ0n) is 14.5. The number of carbonyl (C=O) groups excluding carboxylic acids is 2. The summed E-state index contributed by atoms with van der Waals surface area (Å²) in [6, 6.07) is 11.6. The van der Waals surface area contributed by atoms with Crippen molar-refractivity contribution in [1.29, 1.82) is 0 Å². The number of aryl methyl sites for hydroxylation is 2. The zero-order valence-corrected chi connectivity index (χ0v) is 15.4. The molecule has 1 aromatic carbocycles. The summed E-state index contributed by atoms with van der Waals surface area (Å²) in [5.74, 6) is -0.481. The van der Waals surface area contributed by atoms with Gasteiger partial charge in [0.2, 0.25) is 0 Å². The van der Waals surface area contributed by atoms with Crippen molar-refractivity contribution in [3.05, 3.63) is 69.4 Å². The number of rotatable bonds is 6. The van der Waals surface area contributed by atoms with Crippen molar-refractivity contribution >= 4 is 28.2 Å². The summed E-state index contributed by atoms with van der Waals surface area (Å²) in [6.45, 7) is 3.58. The van der Waals surface area contributed by atoms with E-state index in [2.05, 4.69) is 10.5 Å². The second-order valence-corrected chi connectivity index (χ2v) is 6.99. The first-order valence-corrected chi connectivity index (χ1v) is 9.04. The van der Waals surface area contributed by atoms with Gasteiger partial charge in [-0.05, 0) is 25.0 Å². The van der Waals surface area contributed by atoms with Gasteiger partial charge in [0.1, 0.15) is 16.3 Å². The van der Waals surface area contributed by atoms with E-state index in [0.717, 1.165) is 10.4 Å². The molecule has 2 aromatic heterocycles. The van der Waals surface area contributed by atoms with Gasteiger partial charge in [-0.15, -0.1) is 11.3 Å². The fraction of sp³-hybridized carbons (Fsp3) is 0.211. The van der Waals surface area contributed by atoms with Crippen LogP contribution in [0.5, 0.6) is 0 Å². The van der Waals surface area contributed by atoms with Gasteiger partial charge >= 0.3 is 0 Å². The first-order chi connectivity index (χ1) is 12.5. The molecule has 0 bridgehead atoms. The highest BCUT2D eigenvalue weighted by molar-refractivity contribution is 7.16. The molecule has 0 saturated carbocycles. The summed E-state index contributed by atoms with van der Waals surface area (Å²) in [7, 11) is 0. The van der Waals surface area contributed by atoms with Crippen molar-refractivity contribution in [2.45, 2.75) is 26.7 Å². The minimum atomic E-state index is -0.575. The van der Waals surface area contributed by atoms with E-state index in [1.807, 2.05) is 37.3 Å². The molecular formula is C19H19N3O3S. The van der Waals surface area contributed by atoms with Crippen LogP contribution in [-0.2, 0) is 12.8 Å². The van der Waals surface area contributed by atoms with Gasteiger partial charge < -0.3 is 15.6 Å². The highest BCUT2D eigenvalue weighted by Gasteiger charge is 2.22.